The van der Waals surface area contributed by atoms with Crippen LogP contribution in [0.1, 0.15) is 11.3 Å². The van der Waals surface area contributed by atoms with E-state index in [4.69, 9.17) is 0 Å². The molecule has 1 saturated heterocycles. The van der Waals surface area contributed by atoms with Crippen LogP contribution in [0, 0.1) is 12.7 Å². The summed E-state index contributed by atoms with van der Waals surface area (Å²) in [6, 6.07) is 2.85. The van der Waals surface area contributed by atoms with E-state index < -0.39 is 11.8 Å². The van der Waals surface area contributed by atoms with Crippen molar-refractivity contribution in [3.63, 3.8) is 0 Å². The van der Waals surface area contributed by atoms with E-state index in [2.05, 4.69) is 25.5 Å². The van der Waals surface area contributed by atoms with E-state index in [1.165, 1.54) is 12.3 Å². The SMILES string of the molecule is Cc1cn2cc(NC(=O)N3CCc4c(N5CCN[C@@H](CO)C5)ccnc43)c(F)cc2n1. The quantitative estimate of drug-likeness (QED) is 0.589. The van der Waals surface area contributed by atoms with Gasteiger partial charge in [0.2, 0.25) is 0 Å². The number of rotatable bonds is 3. The third-order valence-electron chi connectivity index (χ3n) is 5.82. The molecular formula is C21H24FN7O2. The Labute approximate surface area is 178 Å². The van der Waals surface area contributed by atoms with Gasteiger partial charge in [0, 0.05) is 68.1 Å². The molecule has 5 rings (SSSR count). The molecule has 3 N–H and O–H groups in total. The molecule has 1 fully saturated rings. The number of nitrogens with one attached hydrogen (secondary N) is 2. The molecule has 3 aromatic heterocycles. The predicted octanol–water partition coefficient (Wildman–Crippen LogP) is 1.54. The van der Waals surface area contributed by atoms with Crippen LogP contribution in [0.4, 0.5) is 26.4 Å². The summed E-state index contributed by atoms with van der Waals surface area (Å²) < 4.78 is 16.2. The average Bonchev–Trinajstić information content (AvgIpc) is 3.36. The van der Waals surface area contributed by atoms with Gasteiger partial charge in [-0.05, 0) is 19.4 Å². The zero-order valence-corrected chi connectivity index (χ0v) is 17.2. The Morgan fingerprint density at radius 3 is 3.10 bits per heavy atom. The Morgan fingerprint density at radius 1 is 1.39 bits per heavy atom. The molecule has 0 aliphatic carbocycles. The first kappa shape index (κ1) is 19.7. The van der Waals surface area contributed by atoms with Crippen molar-refractivity contribution in [1.82, 2.24) is 19.7 Å². The smallest absolute Gasteiger partial charge is 0.327 e. The van der Waals surface area contributed by atoms with Gasteiger partial charge in [0.15, 0.2) is 5.82 Å². The van der Waals surface area contributed by atoms with E-state index in [1.807, 2.05) is 13.0 Å². The molecule has 5 heterocycles. The van der Waals surface area contributed by atoms with Gasteiger partial charge in [0.05, 0.1) is 18.0 Å². The highest BCUT2D eigenvalue weighted by atomic mass is 19.1. The Morgan fingerprint density at radius 2 is 2.26 bits per heavy atom. The normalized spacial score (nSPS) is 18.5. The number of imidazole rings is 1. The summed E-state index contributed by atoms with van der Waals surface area (Å²) in [7, 11) is 0. The fourth-order valence-corrected chi connectivity index (χ4v) is 4.35. The summed E-state index contributed by atoms with van der Waals surface area (Å²) in [5.41, 5.74) is 3.37. The van der Waals surface area contributed by atoms with Gasteiger partial charge in [-0.2, -0.15) is 0 Å². The van der Waals surface area contributed by atoms with Crippen LogP contribution >= 0.6 is 0 Å². The number of aryl methyl sites for hydroxylation is 1. The molecule has 0 unspecified atom stereocenters. The molecule has 10 heteroatoms. The van der Waals surface area contributed by atoms with Crippen molar-refractivity contribution in [2.45, 2.75) is 19.4 Å². The van der Waals surface area contributed by atoms with Crippen LogP contribution in [0.2, 0.25) is 0 Å². The van der Waals surface area contributed by atoms with Crippen molar-refractivity contribution < 1.29 is 14.3 Å². The van der Waals surface area contributed by atoms with Crippen molar-refractivity contribution in [3.8, 4) is 0 Å². The summed E-state index contributed by atoms with van der Waals surface area (Å²) >= 11 is 0. The van der Waals surface area contributed by atoms with Crippen molar-refractivity contribution >= 4 is 28.9 Å². The number of aliphatic hydroxyl groups is 1. The van der Waals surface area contributed by atoms with E-state index in [1.54, 1.807) is 21.7 Å². The molecule has 2 aliphatic heterocycles. The first-order valence-electron chi connectivity index (χ1n) is 10.3. The van der Waals surface area contributed by atoms with Gasteiger partial charge in [0.25, 0.3) is 0 Å². The van der Waals surface area contributed by atoms with Gasteiger partial charge in [-0.25, -0.2) is 19.2 Å². The zero-order chi connectivity index (χ0) is 21.5. The number of pyridine rings is 2. The van der Waals surface area contributed by atoms with E-state index >= 15 is 0 Å². The Balaban J connectivity index is 1.39. The van der Waals surface area contributed by atoms with Gasteiger partial charge in [-0.15, -0.1) is 0 Å². The van der Waals surface area contributed by atoms with Gasteiger partial charge in [0.1, 0.15) is 11.5 Å². The minimum Gasteiger partial charge on any atom is -0.395 e. The molecule has 0 saturated carbocycles. The number of amides is 2. The number of urea groups is 1. The first-order valence-corrected chi connectivity index (χ1v) is 10.3. The van der Waals surface area contributed by atoms with E-state index in [9.17, 15) is 14.3 Å². The number of fused-ring (bicyclic) bond motifs is 2. The number of carbonyl (C=O) groups excluding carboxylic acids is 1. The Hall–Kier alpha value is -3.24. The van der Waals surface area contributed by atoms with Crippen LogP contribution in [-0.4, -0.2) is 64.3 Å². The monoisotopic (exact) mass is 425 g/mol. The maximum atomic E-state index is 14.5. The zero-order valence-electron chi connectivity index (χ0n) is 17.2. The second kappa shape index (κ2) is 7.78. The van der Waals surface area contributed by atoms with Crippen LogP contribution in [0.15, 0.2) is 30.7 Å². The molecule has 2 aliphatic rings. The number of aromatic nitrogens is 3. The molecule has 1 atom stereocenters. The number of piperazine rings is 1. The third kappa shape index (κ3) is 3.57. The lowest BCUT2D eigenvalue weighted by Crippen LogP contribution is -2.52. The molecule has 3 aromatic rings. The number of nitrogens with zero attached hydrogens (tertiary/aromatic N) is 5. The number of halogens is 1. The van der Waals surface area contributed by atoms with Crippen LogP contribution in [-0.2, 0) is 6.42 Å². The highest BCUT2D eigenvalue weighted by molar-refractivity contribution is 6.03. The van der Waals surface area contributed by atoms with Crippen molar-refractivity contribution in [3.05, 3.63) is 47.8 Å². The minimum atomic E-state index is -0.538. The molecule has 0 bridgehead atoms. The summed E-state index contributed by atoms with van der Waals surface area (Å²) in [6.07, 6.45) is 5.66. The molecule has 0 spiro atoms. The number of anilines is 3. The standard InChI is InChI=1S/C21H24FN7O2/c1-13-9-28-11-17(16(22)8-19(28)25-13)26-21(31)29-6-3-15-18(2-4-24-20(15)29)27-7-5-23-14(10-27)12-30/h2,4,8-9,11,14,23,30H,3,5-7,10,12H2,1H3,(H,26,31)/t14-/m1/s1. The molecule has 162 valence electrons. The fourth-order valence-electron chi connectivity index (χ4n) is 4.35. The Kier molecular flexibility index (Phi) is 4.95. The maximum absolute atomic E-state index is 14.5. The summed E-state index contributed by atoms with van der Waals surface area (Å²) in [5.74, 6) is 0.0532. The minimum absolute atomic E-state index is 0.0167. The Bertz CT molecular complexity index is 1150. The van der Waals surface area contributed by atoms with E-state index in [-0.39, 0.29) is 18.3 Å². The lowest BCUT2D eigenvalue weighted by molar-refractivity contribution is 0.235. The predicted molar refractivity (Wildman–Crippen MR) is 115 cm³/mol. The highest BCUT2D eigenvalue weighted by Gasteiger charge is 2.31. The lowest BCUT2D eigenvalue weighted by atomic mass is 10.1. The van der Waals surface area contributed by atoms with Crippen molar-refractivity contribution in [2.75, 3.05) is 47.9 Å². The molecule has 0 radical (unpaired) electrons. The third-order valence-corrected chi connectivity index (χ3v) is 5.82. The molecular weight excluding hydrogens is 401 g/mol. The van der Waals surface area contributed by atoms with Crippen molar-refractivity contribution in [1.29, 1.82) is 0 Å². The lowest BCUT2D eigenvalue weighted by Gasteiger charge is -2.35. The van der Waals surface area contributed by atoms with Crippen LogP contribution in [0.25, 0.3) is 5.65 Å². The second-order valence-electron chi connectivity index (χ2n) is 7.93. The molecule has 9 nitrogen and oxygen atoms in total. The van der Waals surface area contributed by atoms with Gasteiger partial charge in [-0.1, -0.05) is 0 Å². The summed E-state index contributed by atoms with van der Waals surface area (Å²) in [6.45, 7) is 4.65. The number of hydrogen-bond donors (Lipinski definition) is 3. The fraction of sp³-hybridized carbons (Fsp3) is 0.381. The van der Waals surface area contributed by atoms with Gasteiger partial charge < -0.3 is 25.0 Å². The number of aliphatic hydroxyl groups excluding tert-OH is 1. The molecule has 31 heavy (non-hydrogen) atoms. The van der Waals surface area contributed by atoms with E-state index in [0.29, 0.717) is 31.0 Å². The highest BCUT2D eigenvalue weighted by Crippen LogP contribution is 2.34. The van der Waals surface area contributed by atoms with Gasteiger partial charge >= 0.3 is 6.03 Å². The van der Waals surface area contributed by atoms with Crippen molar-refractivity contribution in [2.24, 2.45) is 0 Å². The summed E-state index contributed by atoms with van der Waals surface area (Å²) in [4.78, 5) is 25.4. The van der Waals surface area contributed by atoms with Gasteiger partial charge in [-0.3, -0.25) is 4.90 Å². The van der Waals surface area contributed by atoms with Crippen LogP contribution < -0.4 is 20.4 Å². The largest absolute Gasteiger partial charge is 0.395 e. The topological polar surface area (TPSA) is 98.0 Å². The van der Waals surface area contributed by atoms with Crippen LogP contribution in [0.3, 0.4) is 0 Å². The molecule has 2 amide bonds. The second-order valence-corrected chi connectivity index (χ2v) is 7.93. The molecule has 0 aromatic carbocycles. The number of hydrogen-bond acceptors (Lipinski definition) is 6. The summed E-state index contributed by atoms with van der Waals surface area (Å²) in [5, 5.41) is 15.5. The first-order chi connectivity index (χ1) is 15.0. The maximum Gasteiger partial charge on any atom is 0.327 e. The average molecular weight is 425 g/mol. The van der Waals surface area contributed by atoms with E-state index in [0.717, 1.165) is 30.0 Å². The van der Waals surface area contributed by atoms with Crippen LogP contribution in [0.5, 0.6) is 0 Å². The number of carbonyl (C=O) groups is 1.